The Bertz CT molecular complexity index is 1040. The first kappa shape index (κ1) is 17.2. The van der Waals surface area contributed by atoms with E-state index in [-0.39, 0.29) is 5.38 Å². The minimum absolute atomic E-state index is 0.311. The van der Waals surface area contributed by atoms with Crippen molar-refractivity contribution < 1.29 is 8.94 Å². The maximum absolute atomic E-state index is 6.43. The molecule has 27 heavy (non-hydrogen) atoms. The van der Waals surface area contributed by atoms with Gasteiger partial charge in [0.05, 0.1) is 17.5 Å². The van der Waals surface area contributed by atoms with E-state index in [1.54, 1.807) is 18.4 Å². The fourth-order valence-corrected chi connectivity index (χ4v) is 3.10. The van der Waals surface area contributed by atoms with Gasteiger partial charge in [-0.3, -0.25) is 0 Å². The number of nitrogen functional groups attached to an aromatic ring is 2. The molecular formula is C20H17ClN4O2. The molecule has 3 heterocycles. The van der Waals surface area contributed by atoms with E-state index in [1.165, 1.54) is 0 Å². The molecule has 4 aromatic rings. The van der Waals surface area contributed by atoms with Gasteiger partial charge >= 0.3 is 0 Å². The van der Waals surface area contributed by atoms with Gasteiger partial charge in [-0.25, -0.2) is 4.98 Å². The minimum Gasteiger partial charge on any atom is -0.467 e. The van der Waals surface area contributed by atoms with E-state index < -0.39 is 0 Å². The average molecular weight is 381 g/mol. The second-order valence-electron chi connectivity index (χ2n) is 6.15. The van der Waals surface area contributed by atoms with Crippen LogP contribution in [-0.2, 0) is 6.42 Å². The third-order valence-electron chi connectivity index (χ3n) is 4.22. The van der Waals surface area contributed by atoms with Crippen LogP contribution >= 0.6 is 11.6 Å². The molecule has 4 N–H and O–H groups in total. The first-order valence-corrected chi connectivity index (χ1v) is 8.78. The molecule has 0 saturated heterocycles. The van der Waals surface area contributed by atoms with E-state index in [1.807, 2.05) is 42.5 Å². The zero-order chi connectivity index (χ0) is 18.8. The van der Waals surface area contributed by atoms with Crippen molar-refractivity contribution >= 4 is 23.2 Å². The number of aromatic nitrogens is 2. The molecule has 0 spiro atoms. The Morgan fingerprint density at radius 3 is 2.56 bits per heavy atom. The summed E-state index contributed by atoms with van der Waals surface area (Å²) in [5, 5.41) is 3.81. The molecule has 0 aliphatic carbocycles. The molecule has 1 atom stereocenters. The van der Waals surface area contributed by atoms with Crippen LogP contribution < -0.4 is 11.5 Å². The highest BCUT2D eigenvalue weighted by Gasteiger charge is 2.14. The number of nitrogens with zero attached hydrogens (tertiary/aromatic N) is 2. The van der Waals surface area contributed by atoms with Crippen molar-refractivity contribution in [3.8, 4) is 11.3 Å². The molecule has 0 radical (unpaired) electrons. The van der Waals surface area contributed by atoms with E-state index in [0.717, 1.165) is 22.6 Å². The topological polar surface area (TPSA) is 104 Å². The van der Waals surface area contributed by atoms with Gasteiger partial charge in [0.25, 0.3) is 0 Å². The van der Waals surface area contributed by atoms with Gasteiger partial charge in [0.15, 0.2) is 5.76 Å². The lowest BCUT2D eigenvalue weighted by Crippen LogP contribution is -1.97. The molecule has 0 aliphatic rings. The summed E-state index contributed by atoms with van der Waals surface area (Å²) in [6.07, 6.45) is 2.24. The van der Waals surface area contributed by atoms with Crippen molar-refractivity contribution in [1.29, 1.82) is 0 Å². The summed E-state index contributed by atoms with van der Waals surface area (Å²) in [6, 6.07) is 17.0. The highest BCUT2D eigenvalue weighted by atomic mass is 35.5. The molecule has 7 heteroatoms. The van der Waals surface area contributed by atoms with E-state index in [4.69, 9.17) is 32.0 Å². The lowest BCUT2D eigenvalue weighted by Gasteiger charge is -2.07. The van der Waals surface area contributed by atoms with Crippen molar-refractivity contribution in [3.63, 3.8) is 0 Å². The highest BCUT2D eigenvalue weighted by Crippen LogP contribution is 2.30. The summed E-state index contributed by atoms with van der Waals surface area (Å²) in [6.45, 7) is 0. The Morgan fingerprint density at radius 1 is 1.04 bits per heavy atom. The smallest absolute Gasteiger partial charge is 0.170 e. The fourth-order valence-electron chi connectivity index (χ4n) is 2.83. The van der Waals surface area contributed by atoms with Gasteiger partial charge < -0.3 is 20.4 Å². The summed E-state index contributed by atoms with van der Waals surface area (Å²) >= 11 is 6.43. The summed E-state index contributed by atoms with van der Waals surface area (Å²) in [7, 11) is 0. The molecule has 1 aromatic carbocycles. The number of hydrogen-bond acceptors (Lipinski definition) is 6. The fraction of sp³-hybridized carbons (Fsp3) is 0.100. The number of furan rings is 1. The Hall–Kier alpha value is -3.25. The zero-order valence-electron chi connectivity index (χ0n) is 14.3. The van der Waals surface area contributed by atoms with E-state index >= 15 is 0 Å². The number of hydrogen-bond donors (Lipinski definition) is 2. The van der Waals surface area contributed by atoms with E-state index in [0.29, 0.717) is 29.4 Å². The number of nitrogens with two attached hydrogens (primary N) is 2. The Balaban J connectivity index is 1.49. The molecule has 0 bridgehead atoms. The third-order valence-corrected chi connectivity index (χ3v) is 4.69. The van der Waals surface area contributed by atoms with Crippen molar-refractivity contribution in [2.75, 3.05) is 11.5 Å². The molecule has 136 valence electrons. The van der Waals surface area contributed by atoms with E-state index in [2.05, 4.69) is 10.1 Å². The lowest BCUT2D eigenvalue weighted by molar-refractivity contribution is 0.425. The number of halogens is 1. The number of alkyl halides is 1. The quantitative estimate of drug-likeness (QED) is 0.497. The molecule has 3 aromatic heterocycles. The molecule has 0 saturated carbocycles. The normalized spacial score (nSPS) is 12.2. The summed E-state index contributed by atoms with van der Waals surface area (Å²) in [5.41, 5.74) is 15.0. The molecule has 1 unspecified atom stereocenters. The highest BCUT2D eigenvalue weighted by molar-refractivity contribution is 6.22. The lowest BCUT2D eigenvalue weighted by atomic mass is 10.0. The van der Waals surface area contributed by atoms with E-state index in [9.17, 15) is 0 Å². The average Bonchev–Trinajstić information content (AvgIpc) is 3.34. The number of rotatable bonds is 5. The van der Waals surface area contributed by atoms with Crippen LogP contribution in [0.3, 0.4) is 0 Å². The molecular weight excluding hydrogens is 364 g/mol. The first-order chi connectivity index (χ1) is 13.1. The third kappa shape index (κ3) is 3.66. The van der Waals surface area contributed by atoms with Crippen molar-refractivity contribution in [2.24, 2.45) is 0 Å². The number of anilines is 2. The monoisotopic (exact) mass is 380 g/mol. The minimum atomic E-state index is -0.311. The van der Waals surface area contributed by atoms with Crippen LogP contribution in [0.5, 0.6) is 0 Å². The Labute approximate surface area is 160 Å². The molecule has 0 amide bonds. The molecule has 4 rings (SSSR count). The Kier molecular flexibility index (Phi) is 4.56. The summed E-state index contributed by atoms with van der Waals surface area (Å²) in [4.78, 5) is 4.04. The largest absolute Gasteiger partial charge is 0.467 e. The van der Waals surface area contributed by atoms with Crippen molar-refractivity contribution in [3.05, 3.63) is 83.4 Å². The summed E-state index contributed by atoms with van der Waals surface area (Å²) in [5.74, 6) is 1.96. The van der Waals surface area contributed by atoms with Crippen LogP contribution in [0.25, 0.3) is 11.3 Å². The zero-order valence-corrected chi connectivity index (χ0v) is 15.1. The molecule has 6 nitrogen and oxygen atoms in total. The van der Waals surface area contributed by atoms with Crippen molar-refractivity contribution in [2.45, 2.75) is 11.8 Å². The second-order valence-corrected chi connectivity index (χ2v) is 6.58. The first-order valence-electron chi connectivity index (χ1n) is 8.34. The number of pyridine rings is 1. The molecule has 0 aliphatic heterocycles. The standard InChI is InChI=1S/C20H17ClN4O2/c21-19(16-2-1-9-26-16)13-5-3-12(4-6-13)10-14-11-17(27-25-14)15-7-8-18(22)24-20(15)23/h1-9,11,19H,10H2,(H4,22,23,24). The van der Waals surface area contributed by atoms with Gasteiger partial charge in [-0.2, -0.15) is 0 Å². The van der Waals surface area contributed by atoms with Crippen LogP contribution in [0, 0.1) is 0 Å². The van der Waals surface area contributed by atoms with Gasteiger partial charge in [-0.15, -0.1) is 11.6 Å². The van der Waals surface area contributed by atoms with Crippen LogP contribution in [0.15, 0.2) is 69.8 Å². The van der Waals surface area contributed by atoms with Crippen molar-refractivity contribution in [1.82, 2.24) is 10.1 Å². The van der Waals surface area contributed by atoms with Crippen LogP contribution in [-0.4, -0.2) is 10.1 Å². The SMILES string of the molecule is Nc1ccc(-c2cc(Cc3ccc(C(Cl)c4ccco4)cc3)no2)c(N)n1. The second kappa shape index (κ2) is 7.17. The predicted octanol–water partition coefficient (Wildman–Crippen LogP) is 4.41. The Morgan fingerprint density at radius 2 is 1.85 bits per heavy atom. The maximum Gasteiger partial charge on any atom is 0.170 e. The van der Waals surface area contributed by atoms with Gasteiger partial charge in [-0.1, -0.05) is 29.4 Å². The van der Waals surface area contributed by atoms with Gasteiger partial charge in [0, 0.05) is 12.5 Å². The van der Waals surface area contributed by atoms with Crippen LogP contribution in [0.2, 0.25) is 0 Å². The number of benzene rings is 1. The predicted molar refractivity (Wildman–Crippen MR) is 104 cm³/mol. The van der Waals surface area contributed by atoms with Gasteiger partial charge in [0.2, 0.25) is 0 Å². The van der Waals surface area contributed by atoms with Gasteiger partial charge in [-0.05, 0) is 35.4 Å². The van der Waals surface area contributed by atoms with Crippen LogP contribution in [0.1, 0.15) is 28.0 Å². The summed E-state index contributed by atoms with van der Waals surface area (Å²) < 4.78 is 10.8. The molecule has 0 fully saturated rings. The van der Waals surface area contributed by atoms with Crippen LogP contribution in [0.4, 0.5) is 11.6 Å². The van der Waals surface area contributed by atoms with Gasteiger partial charge in [0.1, 0.15) is 22.8 Å². The maximum atomic E-state index is 6.43.